The Kier molecular flexibility index (Phi) is 3.95. The predicted molar refractivity (Wildman–Crippen MR) is 74.8 cm³/mol. The van der Waals surface area contributed by atoms with Gasteiger partial charge in [-0.05, 0) is 42.7 Å². The smallest absolute Gasteiger partial charge is 0.230 e. The molecule has 2 rings (SSSR count). The van der Waals surface area contributed by atoms with Crippen molar-refractivity contribution in [3.8, 4) is 11.6 Å². The second-order valence-electron chi connectivity index (χ2n) is 4.74. The summed E-state index contributed by atoms with van der Waals surface area (Å²) in [6.07, 6.45) is 1.62. The molecule has 0 spiro atoms. The largest absolute Gasteiger partial charge is 0.438 e. The molecule has 0 aliphatic rings. The number of benzene rings is 1. The fourth-order valence-electron chi connectivity index (χ4n) is 1.77. The summed E-state index contributed by atoms with van der Waals surface area (Å²) in [5.41, 5.74) is 1.75. The molecule has 0 N–H and O–H groups in total. The van der Waals surface area contributed by atoms with Crippen LogP contribution in [0.25, 0.3) is 0 Å². The first-order valence-corrected chi connectivity index (χ1v) is 6.31. The van der Waals surface area contributed by atoms with Crippen LogP contribution in [0.1, 0.15) is 42.6 Å². The van der Waals surface area contributed by atoms with Crippen molar-refractivity contribution in [1.29, 1.82) is 0 Å². The van der Waals surface area contributed by atoms with Gasteiger partial charge in [0.25, 0.3) is 0 Å². The van der Waals surface area contributed by atoms with Crippen LogP contribution < -0.4 is 4.74 Å². The van der Waals surface area contributed by atoms with Gasteiger partial charge < -0.3 is 4.74 Å². The van der Waals surface area contributed by atoms with Crippen molar-refractivity contribution in [2.45, 2.75) is 26.7 Å². The minimum Gasteiger partial charge on any atom is -0.438 e. The van der Waals surface area contributed by atoms with E-state index < -0.39 is 0 Å². The number of rotatable bonds is 4. The van der Waals surface area contributed by atoms with Crippen LogP contribution in [0, 0.1) is 0 Å². The molecule has 1 aromatic carbocycles. The topological polar surface area (TPSA) is 39.2 Å². The predicted octanol–water partition coefficient (Wildman–Crippen LogP) is 4.20. The zero-order valence-electron chi connectivity index (χ0n) is 11.4. The van der Waals surface area contributed by atoms with Crippen LogP contribution >= 0.6 is 0 Å². The molecule has 1 heterocycles. The highest BCUT2D eigenvalue weighted by molar-refractivity contribution is 5.96. The number of pyridine rings is 1. The van der Waals surface area contributed by atoms with E-state index in [1.54, 1.807) is 18.3 Å². The number of carbonyl (C=O) groups is 1. The van der Waals surface area contributed by atoms with E-state index in [1.807, 2.05) is 24.3 Å². The number of carbonyl (C=O) groups excluding carboxylic acids is 1. The Morgan fingerprint density at radius 3 is 2.42 bits per heavy atom. The summed E-state index contributed by atoms with van der Waals surface area (Å²) in [6, 6.07) is 11.3. The first kappa shape index (κ1) is 13.3. The molecule has 0 saturated heterocycles. The van der Waals surface area contributed by atoms with Crippen LogP contribution in [-0.2, 0) is 0 Å². The molecule has 0 atom stereocenters. The minimum absolute atomic E-state index is 0.0538. The van der Waals surface area contributed by atoms with Crippen LogP contribution in [0.4, 0.5) is 0 Å². The Morgan fingerprint density at radius 1 is 1.16 bits per heavy atom. The first-order valence-electron chi connectivity index (χ1n) is 6.31. The fraction of sp³-hybridized carbons (Fsp3) is 0.250. The average Bonchev–Trinajstić information content (AvgIpc) is 2.39. The van der Waals surface area contributed by atoms with E-state index in [9.17, 15) is 4.79 Å². The van der Waals surface area contributed by atoms with Crippen molar-refractivity contribution >= 4 is 5.78 Å². The summed E-state index contributed by atoms with van der Waals surface area (Å²) in [7, 11) is 0. The SMILES string of the molecule is CC(=O)c1cccnc1Oc1ccc(C(C)C)cc1. The fourth-order valence-corrected chi connectivity index (χ4v) is 1.77. The van der Waals surface area contributed by atoms with Gasteiger partial charge in [0.1, 0.15) is 5.75 Å². The molecule has 3 nitrogen and oxygen atoms in total. The normalized spacial score (nSPS) is 10.5. The van der Waals surface area contributed by atoms with E-state index in [0.717, 1.165) is 0 Å². The van der Waals surface area contributed by atoms with E-state index >= 15 is 0 Å². The second-order valence-corrected chi connectivity index (χ2v) is 4.74. The van der Waals surface area contributed by atoms with Gasteiger partial charge in [-0.2, -0.15) is 0 Å². The highest BCUT2D eigenvalue weighted by Gasteiger charge is 2.10. The summed E-state index contributed by atoms with van der Waals surface area (Å²) in [6.45, 7) is 5.79. The molecule has 0 saturated carbocycles. The van der Waals surface area contributed by atoms with Gasteiger partial charge in [0.2, 0.25) is 5.88 Å². The standard InChI is InChI=1S/C16H17NO2/c1-11(2)13-6-8-14(9-7-13)19-16-15(12(3)18)5-4-10-17-16/h4-11H,1-3H3. The molecule has 0 fully saturated rings. The van der Waals surface area contributed by atoms with Crippen molar-refractivity contribution in [2.24, 2.45) is 0 Å². The zero-order valence-corrected chi connectivity index (χ0v) is 11.4. The van der Waals surface area contributed by atoms with Gasteiger partial charge in [0, 0.05) is 6.20 Å². The lowest BCUT2D eigenvalue weighted by molar-refractivity contribution is 0.101. The van der Waals surface area contributed by atoms with Crippen molar-refractivity contribution in [3.05, 3.63) is 53.7 Å². The van der Waals surface area contributed by atoms with Crippen LogP contribution in [-0.4, -0.2) is 10.8 Å². The van der Waals surface area contributed by atoms with Crippen molar-refractivity contribution in [3.63, 3.8) is 0 Å². The highest BCUT2D eigenvalue weighted by Crippen LogP contribution is 2.25. The van der Waals surface area contributed by atoms with E-state index in [4.69, 9.17) is 4.74 Å². The van der Waals surface area contributed by atoms with E-state index in [-0.39, 0.29) is 5.78 Å². The molecule has 1 aromatic heterocycles. The van der Waals surface area contributed by atoms with E-state index in [2.05, 4.69) is 18.8 Å². The maximum absolute atomic E-state index is 11.5. The number of ketones is 1. The molecule has 0 unspecified atom stereocenters. The van der Waals surface area contributed by atoms with Gasteiger partial charge in [-0.3, -0.25) is 4.79 Å². The number of hydrogen-bond acceptors (Lipinski definition) is 3. The van der Waals surface area contributed by atoms with Crippen LogP contribution in [0.15, 0.2) is 42.6 Å². The summed E-state index contributed by atoms with van der Waals surface area (Å²) in [5, 5.41) is 0. The van der Waals surface area contributed by atoms with Gasteiger partial charge in [-0.1, -0.05) is 26.0 Å². The molecule has 0 aliphatic heterocycles. The summed E-state index contributed by atoms with van der Waals surface area (Å²) < 4.78 is 5.67. The number of ether oxygens (including phenoxy) is 1. The number of Topliss-reactive ketones (excluding diaryl/α,β-unsaturated/α-hetero) is 1. The molecule has 98 valence electrons. The third kappa shape index (κ3) is 3.19. The Balaban J connectivity index is 2.24. The van der Waals surface area contributed by atoms with Gasteiger partial charge in [0.15, 0.2) is 5.78 Å². The molecule has 0 aliphatic carbocycles. The maximum Gasteiger partial charge on any atom is 0.230 e. The maximum atomic E-state index is 11.5. The Bertz CT molecular complexity index is 574. The van der Waals surface area contributed by atoms with Crippen molar-refractivity contribution < 1.29 is 9.53 Å². The molecule has 0 bridgehead atoms. The Morgan fingerprint density at radius 2 is 1.84 bits per heavy atom. The first-order chi connectivity index (χ1) is 9.08. The summed E-state index contributed by atoms with van der Waals surface area (Å²) in [5.74, 6) is 1.47. The van der Waals surface area contributed by atoms with Crippen molar-refractivity contribution in [2.75, 3.05) is 0 Å². The molecule has 2 aromatic rings. The van der Waals surface area contributed by atoms with E-state index in [0.29, 0.717) is 23.1 Å². The van der Waals surface area contributed by atoms with Crippen LogP contribution in [0.5, 0.6) is 11.6 Å². The lowest BCUT2D eigenvalue weighted by atomic mass is 10.0. The van der Waals surface area contributed by atoms with Crippen LogP contribution in [0.3, 0.4) is 0 Å². The number of nitrogens with zero attached hydrogens (tertiary/aromatic N) is 1. The quantitative estimate of drug-likeness (QED) is 0.768. The third-order valence-corrected chi connectivity index (χ3v) is 2.91. The molecule has 0 amide bonds. The Labute approximate surface area is 113 Å². The minimum atomic E-state index is -0.0538. The molecule has 0 radical (unpaired) electrons. The van der Waals surface area contributed by atoms with Gasteiger partial charge >= 0.3 is 0 Å². The molecule has 3 heteroatoms. The number of aromatic nitrogens is 1. The van der Waals surface area contributed by atoms with Gasteiger partial charge in [-0.25, -0.2) is 4.98 Å². The van der Waals surface area contributed by atoms with Gasteiger partial charge in [0.05, 0.1) is 5.56 Å². The van der Waals surface area contributed by atoms with Crippen LogP contribution in [0.2, 0.25) is 0 Å². The monoisotopic (exact) mass is 255 g/mol. The summed E-state index contributed by atoms with van der Waals surface area (Å²) in [4.78, 5) is 15.6. The lowest BCUT2D eigenvalue weighted by Gasteiger charge is -2.09. The van der Waals surface area contributed by atoms with Gasteiger partial charge in [-0.15, -0.1) is 0 Å². The Hall–Kier alpha value is -2.16. The average molecular weight is 255 g/mol. The van der Waals surface area contributed by atoms with E-state index in [1.165, 1.54) is 12.5 Å². The molecular weight excluding hydrogens is 238 g/mol. The zero-order chi connectivity index (χ0) is 13.8. The number of hydrogen-bond donors (Lipinski definition) is 0. The lowest BCUT2D eigenvalue weighted by Crippen LogP contribution is -1.99. The molecule has 19 heavy (non-hydrogen) atoms. The highest BCUT2D eigenvalue weighted by atomic mass is 16.5. The van der Waals surface area contributed by atoms with Crippen molar-refractivity contribution in [1.82, 2.24) is 4.98 Å². The molecular formula is C16H17NO2. The summed E-state index contributed by atoms with van der Waals surface area (Å²) >= 11 is 0. The third-order valence-electron chi connectivity index (χ3n) is 2.91. The second kappa shape index (κ2) is 5.65.